The number of thioether (sulfide) groups is 1. The minimum absolute atomic E-state index is 0.568. The Morgan fingerprint density at radius 1 is 1.41 bits per heavy atom. The number of nitrogens with one attached hydrogen (secondary N) is 1. The number of aliphatic imine (C=N–C) groups is 1. The van der Waals surface area contributed by atoms with Gasteiger partial charge in [-0.1, -0.05) is 45.4 Å². The molecule has 1 heterocycles. The zero-order valence-electron chi connectivity index (χ0n) is 11.5. The minimum Gasteiger partial charge on any atom is -0.364 e. The van der Waals surface area contributed by atoms with Gasteiger partial charge in [0, 0.05) is 11.8 Å². The monoisotopic (exact) mass is 254 g/mol. The van der Waals surface area contributed by atoms with Crippen LogP contribution in [0.5, 0.6) is 0 Å². The molecule has 0 aromatic carbocycles. The molecule has 2 aliphatic rings. The molecular weight excluding hydrogens is 228 g/mol. The Balaban J connectivity index is 1.79. The standard InChI is InChI=1S/C14H26N2S/c1-4-14(7-5-6-8-14)10-16-13-15-9-12(17-13)11(2)3/h11-12H,4-10H2,1-3H3,(H,15,16). The molecule has 1 N–H and O–H groups in total. The van der Waals surface area contributed by atoms with Crippen molar-refractivity contribution in [1.29, 1.82) is 0 Å². The van der Waals surface area contributed by atoms with Crippen molar-refractivity contribution < 1.29 is 0 Å². The molecule has 1 atom stereocenters. The molecule has 17 heavy (non-hydrogen) atoms. The molecule has 0 aromatic heterocycles. The summed E-state index contributed by atoms with van der Waals surface area (Å²) >= 11 is 1.95. The van der Waals surface area contributed by atoms with Gasteiger partial charge in [-0.2, -0.15) is 0 Å². The summed E-state index contributed by atoms with van der Waals surface area (Å²) < 4.78 is 0. The van der Waals surface area contributed by atoms with E-state index in [2.05, 4.69) is 31.1 Å². The fourth-order valence-corrected chi connectivity index (χ4v) is 3.89. The van der Waals surface area contributed by atoms with E-state index in [0.717, 1.165) is 19.0 Å². The maximum absolute atomic E-state index is 4.63. The first-order chi connectivity index (χ1) is 8.15. The quantitative estimate of drug-likeness (QED) is 0.827. The van der Waals surface area contributed by atoms with Crippen LogP contribution >= 0.6 is 11.8 Å². The second-order valence-electron chi connectivity index (χ2n) is 5.96. The molecule has 2 nitrogen and oxygen atoms in total. The maximum Gasteiger partial charge on any atom is 0.156 e. The smallest absolute Gasteiger partial charge is 0.156 e. The molecule has 0 bridgehead atoms. The van der Waals surface area contributed by atoms with Gasteiger partial charge in [0.25, 0.3) is 0 Å². The van der Waals surface area contributed by atoms with Crippen LogP contribution in [0, 0.1) is 11.3 Å². The SMILES string of the molecule is CCC1(CNC2=NCC(C(C)C)S2)CCCC1. The van der Waals surface area contributed by atoms with Crippen LogP contribution in [0.4, 0.5) is 0 Å². The van der Waals surface area contributed by atoms with E-state index in [-0.39, 0.29) is 0 Å². The first-order valence-corrected chi connectivity index (χ1v) is 7.98. The third-order valence-corrected chi connectivity index (χ3v) is 5.94. The van der Waals surface area contributed by atoms with Crippen LogP contribution in [-0.4, -0.2) is 23.5 Å². The molecule has 0 saturated heterocycles. The van der Waals surface area contributed by atoms with Crippen molar-refractivity contribution >= 4 is 16.9 Å². The summed E-state index contributed by atoms with van der Waals surface area (Å²) in [6.07, 6.45) is 6.96. The Hall–Kier alpha value is -0.180. The van der Waals surface area contributed by atoms with Crippen LogP contribution in [0.1, 0.15) is 52.9 Å². The Labute approximate surface area is 110 Å². The highest BCUT2D eigenvalue weighted by Crippen LogP contribution is 2.40. The van der Waals surface area contributed by atoms with Crippen LogP contribution in [-0.2, 0) is 0 Å². The normalized spacial score (nSPS) is 27.5. The molecule has 0 amide bonds. The second kappa shape index (κ2) is 5.64. The summed E-state index contributed by atoms with van der Waals surface area (Å²) in [5.74, 6) is 0.731. The average Bonchev–Trinajstić information content (AvgIpc) is 2.96. The zero-order chi connectivity index (χ0) is 12.3. The van der Waals surface area contributed by atoms with Crippen molar-refractivity contribution in [1.82, 2.24) is 5.32 Å². The van der Waals surface area contributed by atoms with Gasteiger partial charge >= 0.3 is 0 Å². The maximum atomic E-state index is 4.63. The highest BCUT2D eigenvalue weighted by Gasteiger charge is 2.32. The number of rotatable bonds is 4. The lowest BCUT2D eigenvalue weighted by molar-refractivity contribution is 0.285. The molecule has 1 unspecified atom stereocenters. The van der Waals surface area contributed by atoms with E-state index < -0.39 is 0 Å². The van der Waals surface area contributed by atoms with Crippen molar-refractivity contribution in [3.05, 3.63) is 0 Å². The van der Waals surface area contributed by atoms with Gasteiger partial charge in [-0.15, -0.1) is 0 Å². The summed E-state index contributed by atoms with van der Waals surface area (Å²) in [5.41, 5.74) is 0.568. The number of nitrogens with zero attached hydrogens (tertiary/aromatic N) is 1. The van der Waals surface area contributed by atoms with Crippen molar-refractivity contribution in [2.24, 2.45) is 16.3 Å². The van der Waals surface area contributed by atoms with Crippen LogP contribution in [0.15, 0.2) is 4.99 Å². The summed E-state index contributed by atoms with van der Waals surface area (Å²) in [7, 11) is 0. The molecule has 98 valence electrons. The van der Waals surface area contributed by atoms with E-state index in [0.29, 0.717) is 10.7 Å². The van der Waals surface area contributed by atoms with Crippen LogP contribution in [0.2, 0.25) is 0 Å². The molecular formula is C14H26N2S. The fourth-order valence-electron chi connectivity index (χ4n) is 2.88. The minimum atomic E-state index is 0.568. The lowest BCUT2D eigenvalue weighted by Crippen LogP contribution is -2.34. The molecule has 0 aromatic rings. The van der Waals surface area contributed by atoms with Crippen LogP contribution < -0.4 is 5.32 Å². The highest BCUT2D eigenvalue weighted by molar-refractivity contribution is 8.14. The average molecular weight is 254 g/mol. The van der Waals surface area contributed by atoms with Crippen molar-refractivity contribution in [2.75, 3.05) is 13.1 Å². The lowest BCUT2D eigenvalue weighted by atomic mass is 9.83. The van der Waals surface area contributed by atoms with E-state index in [4.69, 9.17) is 0 Å². The van der Waals surface area contributed by atoms with Crippen LogP contribution in [0.3, 0.4) is 0 Å². The van der Waals surface area contributed by atoms with Gasteiger partial charge in [-0.3, -0.25) is 4.99 Å². The van der Waals surface area contributed by atoms with Crippen LogP contribution in [0.25, 0.3) is 0 Å². The Morgan fingerprint density at radius 2 is 2.12 bits per heavy atom. The highest BCUT2D eigenvalue weighted by atomic mass is 32.2. The number of amidine groups is 1. The largest absolute Gasteiger partial charge is 0.364 e. The second-order valence-corrected chi connectivity index (χ2v) is 7.19. The van der Waals surface area contributed by atoms with Gasteiger partial charge in [0.05, 0.1) is 6.54 Å². The van der Waals surface area contributed by atoms with Gasteiger partial charge in [-0.25, -0.2) is 0 Å². The van der Waals surface area contributed by atoms with Gasteiger partial charge in [0.2, 0.25) is 0 Å². The zero-order valence-corrected chi connectivity index (χ0v) is 12.3. The van der Waals surface area contributed by atoms with E-state index in [1.54, 1.807) is 0 Å². The van der Waals surface area contributed by atoms with E-state index >= 15 is 0 Å². The summed E-state index contributed by atoms with van der Waals surface area (Å²) in [5, 5.41) is 5.50. The summed E-state index contributed by atoms with van der Waals surface area (Å²) in [6.45, 7) is 9.07. The van der Waals surface area contributed by atoms with Gasteiger partial charge in [0.1, 0.15) is 0 Å². The number of hydrogen-bond acceptors (Lipinski definition) is 3. The first kappa shape index (κ1) is 13.3. The number of hydrogen-bond donors (Lipinski definition) is 1. The molecule has 0 spiro atoms. The fraction of sp³-hybridized carbons (Fsp3) is 0.929. The Bertz CT molecular complexity index is 280. The topological polar surface area (TPSA) is 24.4 Å². The molecule has 3 heteroatoms. The predicted molar refractivity (Wildman–Crippen MR) is 77.7 cm³/mol. The molecule has 1 fully saturated rings. The van der Waals surface area contributed by atoms with Crippen molar-refractivity contribution in [3.8, 4) is 0 Å². The van der Waals surface area contributed by atoms with E-state index in [1.165, 1.54) is 37.3 Å². The Kier molecular flexibility index (Phi) is 4.40. The Morgan fingerprint density at radius 3 is 2.65 bits per heavy atom. The predicted octanol–water partition coefficient (Wildman–Crippen LogP) is 3.67. The molecule has 1 aliphatic carbocycles. The summed E-state index contributed by atoms with van der Waals surface area (Å²) in [4.78, 5) is 4.63. The summed E-state index contributed by atoms with van der Waals surface area (Å²) in [6, 6.07) is 0. The van der Waals surface area contributed by atoms with Crippen molar-refractivity contribution in [3.63, 3.8) is 0 Å². The molecule has 0 radical (unpaired) electrons. The van der Waals surface area contributed by atoms with Gasteiger partial charge < -0.3 is 5.32 Å². The van der Waals surface area contributed by atoms with Gasteiger partial charge in [0.15, 0.2) is 5.17 Å². The molecule has 1 saturated carbocycles. The third-order valence-electron chi connectivity index (χ3n) is 4.45. The van der Waals surface area contributed by atoms with Gasteiger partial charge in [-0.05, 0) is 30.6 Å². The third kappa shape index (κ3) is 3.18. The molecule has 1 aliphatic heterocycles. The van der Waals surface area contributed by atoms with Crippen molar-refractivity contribution in [2.45, 2.75) is 58.1 Å². The molecule has 2 rings (SSSR count). The lowest BCUT2D eigenvalue weighted by Gasteiger charge is -2.28. The first-order valence-electron chi connectivity index (χ1n) is 7.10. The van der Waals surface area contributed by atoms with E-state index in [9.17, 15) is 0 Å². The van der Waals surface area contributed by atoms with E-state index in [1.807, 2.05) is 11.8 Å².